The normalized spacial score (nSPS) is 25.3. The minimum absolute atomic E-state index is 0.152. The molecule has 0 saturated carbocycles. The van der Waals surface area contributed by atoms with Crippen molar-refractivity contribution in [1.82, 2.24) is 0 Å². The number of nitriles is 1. The largest absolute Gasteiger partial charge is 0.385 e. The van der Waals surface area contributed by atoms with E-state index >= 15 is 0 Å². The molecular formula is C11H19NO2S. The van der Waals surface area contributed by atoms with Gasteiger partial charge in [0.15, 0.2) is 0 Å². The molecule has 1 heterocycles. The lowest BCUT2D eigenvalue weighted by atomic mass is 10.0. The Kier molecular flexibility index (Phi) is 6.07. The monoisotopic (exact) mass is 229 g/mol. The van der Waals surface area contributed by atoms with Gasteiger partial charge in [-0.1, -0.05) is 0 Å². The van der Waals surface area contributed by atoms with Crippen molar-refractivity contribution in [2.24, 2.45) is 0 Å². The van der Waals surface area contributed by atoms with Crippen LogP contribution in [0.15, 0.2) is 0 Å². The van der Waals surface area contributed by atoms with Crippen molar-refractivity contribution in [3.05, 3.63) is 0 Å². The fourth-order valence-electron chi connectivity index (χ4n) is 1.68. The van der Waals surface area contributed by atoms with Crippen molar-refractivity contribution >= 4 is 11.8 Å². The zero-order valence-corrected chi connectivity index (χ0v) is 10.1. The van der Waals surface area contributed by atoms with Crippen LogP contribution in [0.5, 0.6) is 0 Å². The summed E-state index contributed by atoms with van der Waals surface area (Å²) in [6.45, 7) is 2.18. The maximum Gasteiger partial charge on any atom is 0.105 e. The maximum absolute atomic E-state index is 9.11. The molecule has 0 aliphatic carbocycles. The second kappa shape index (κ2) is 7.10. The Morgan fingerprint density at radius 2 is 2.27 bits per heavy atom. The van der Waals surface area contributed by atoms with Crippen LogP contribution >= 0.6 is 11.8 Å². The van der Waals surface area contributed by atoms with Crippen LogP contribution in [-0.2, 0) is 9.47 Å². The molecule has 0 aromatic heterocycles. The Bertz CT molecular complexity index is 209. The number of hydrogen-bond acceptors (Lipinski definition) is 4. The molecule has 3 nitrogen and oxygen atoms in total. The molecule has 0 radical (unpaired) electrons. The molecule has 1 aliphatic rings. The van der Waals surface area contributed by atoms with Crippen LogP contribution in [0.2, 0.25) is 0 Å². The third kappa shape index (κ3) is 4.42. The lowest BCUT2D eigenvalue weighted by molar-refractivity contribution is 0.0987. The molecule has 0 N–H and O–H groups in total. The second-order valence-electron chi connectivity index (χ2n) is 3.77. The van der Waals surface area contributed by atoms with Gasteiger partial charge in [0.1, 0.15) is 4.75 Å². The van der Waals surface area contributed by atoms with E-state index in [2.05, 4.69) is 6.07 Å². The quantitative estimate of drug-likeness (QED) is 0.628. The smallest absolute Gasteiger partial charge is 0.105 e. The number of hydrogen-bond donors (Lipinski definition) is 0. The summed E-state index contributed by atoms with van der Waals surface area (Å²) >= 11 is 1.79. The van der Waals surface area contributed by atoms with Gasteiger partial charge in [-0.05, 0) is 31.4 Å². The summed E-state index contributed by atoms with van der Waals surface area (Å²) in [5.74, 6) is 1.12. The summed E-state index contributed by atoms with van der Waals surface area (Å²) in [4.78, 5) is 0. The summed E-state index contributed by atoms with van der Waals surface area (Å²) in [5.41, 5.74) is 0. The Morgan fingerprint density at radius 1 is 1.40 bits per heavy atom. The van der Waals surface area contributed by atoms with E-state index in [1.165, 1.54) is 6.42 Å². The maximum atomic E-state index is 9.11. The van der Waals surface area contributed by atoms with E-state index in [0.717, 1.165) is 38.2 Å². The van der Waals surface area contributed by atoms with Crippen molar-refractivity contribution < 1.29 is 9.47 Å². The van der Waals surface area contributed by atoms with Crippen LogP contribution in [0.4, 0.5) is 0 Å². The average molecular weight is 229 g/mol. The van der Waals surface area contributed by atoms with E-state index in [4.69, 9.17) is 14.7 Å². The molecule has 0 aromatic rings. The van der Waals surface area contributed by atoms with E-state index < -0.39 is 0 Å². The summed E-state index contributed by atoms with van der Waals surface area (Å²) in [5, 5.41) is 9.11. The first-order valence-corrected chi connectivity index (χ1v) is 6.43. The molecule has 4 heteroatoms. The van der Waals surface area contributed by atoms with E-state index in [1.807, 2.05) is 0 Å². The molecule has 15 heavy (non-hydrogen) atoms. The van der Waals surface area contributed by atoms with Crippen molar-refractivity contribution in [3.63, 3.8) is 0 Å². The molecule has 0 spiro atoms. The van der Waals surface area contributed by atoms with Gasteiger partial charge >= 0.3 is 0 Å². The van der Waals surface area contributed by atoms with E-state index in [0.29, 0.717) is 6.61 Å². The molecule has 1 unspecified atom stereocenters. The minimum atomic E-state index is -0.152. The molecule has 1 rings (SSSR count). The summed E-state index contributed by atoms with van der Waals surface area (Å²) in [7, 11) is 1.69. The topological polar surface area (TPSA) is 42.2 Å². The highest BCUT2D eigenvalue weighted by molar-refractivity contribution is 8.01. The molecule has 1 saturated heterocycles. The van der Waals surface area contributed by atoms with Gasteiger partial charge in [-0.25, -0.2) is 0 Å². The Morgan fingerprint density at radius 3 is 2.87 bits per heavy atom. The van der Waals surface area contributed by atoms with Gasteiger partial charge in [0.2, 0.25) is 0 Å². The van der Waals surface area contributed by atoms with Crippen LogP contribution in [0.3, 0.4) is 0 Å². The van der Waals surface area contributed by atoms with Gasteiger partial charge in [0.25, 0.3) is 0 Å². The fourth-order valence-corrected chi connectivity index (χ4v) is 2.94. The first kappa shape index (κ1) is 12.8. The highest BCUT2D eigenvalue weighted by Crippen LogP contribution is 2.40. The van der Waals surface area contributed by atoms with Crippen molar-refractivity contribution in [2.45, 2.75) is 30.4 Å². The van der Waals surface area contributed by atoms with Crippen molar-refractivity contribution in [3.8, 4) is 6.07 Å². The second-order valence-corrected chi connectivity index (χ2v) is 5.25. The fraction of sp³-hybridized carbons (Fsp3) is 0.909. The molecule has 0 aromatic carbocycles. The number of nitrogens with zero attached hydrogens (tertiary/aromatic N) is 1. The van der Waals surface area contributed by atoms with Crippen molar-refractivity contribution in [2.75, 3.05) is 32.7 Å². The van der Waals surface area contributed by atoms with Crippen LogP contribution < -0.4 is 0 Å². The highest BCUT2D eigenvalue weighted by Gasteiger charge is 2.34. The standard InChI is InChI=1S/C11H19NO2S/c1-13-6-3-7-14-8-5-11(10-12)4-2-9-15-11/h2-9H2,1H3. The van der Waals surface area contributed by atoms with Gasteiger partial charge in [0.05, 0.1) is 6.07 Å². The lowest BCUT2D eigenvalue weighted by Gasteiger charge is -2.18. The summed E-state index contributed by atoms with van der Waals surface area (Å²) in [6.07, 6.45) is 3.99. The Hall–Kier alpha value is -0.240. The van der Waals surface area contributed by atoms with Gasteiger partial charge in [-0.15, -0.1) is 11.8 Å². The summed E-state index contributed by atoms with van der Waals surface area (Å²) < 4.78 is 10.3. The molecule has 0 bridgehead atoms. The minimum Gasteiger partial charge on any atom is -0.385 e. The third-order valence-electron chi connectivity index (χ3n) is 2.59. The van der Waals surface area contributed by atoms with Crippen LogP contribution in [0.1, 0.15) is 25.7 Å². The number of thioether (sulfide) groups is 1. The average Bonchev–Trinajstić information content (AvgIpc) is 2.73. The zero-order valence-electron chi connectivity index (χ0n) is 9.33. The number of ether oxygens (including phenoxy) is 2. The SMILES string of the molecule is COCCCOCCC1(C#N)CCCS1. The highest BCUT2D eigenvalue weighted by atomic mass is 32.2. The van der Waals surface area contributed by atoms with Crippen LogP contribution in [0, 0.1) is 11.3 Å². The summed E-state index contributed by atoms with van der Waals surface area (Å²) in [6, 6.07) is 2.44. The van der Waals surface area contributed by atoms with Crippen molar-refractivity contribution in [1.29, 1.82) is 5.26 Å². The van der Waals surface area contributed by atoms with Crippen LogP contribution in [0.25, 0.3) is 0 Å². The molecule has 86 valence electrons. The number of rotatable bonds is 7. The Balaban J connectivity index is 2.06. The first-order valence-electron chi connectivity index (χ1n) is 5.45. The predicted octanol–water partition coefficient (Wildman–Crippen LogP) is 2.22. The molecule has 0 amide bonds. The van der Waals surface area contributed by atoms with Gasteiger partial charge in [-0.3, -0.25) is 0 Å². The molecule has 1 aliphatic heterocycles. The van der Waals surface area contributed by atoms with Gasteiger partial charge in [-0.2, -0.15) is 5.26 Å². The van der Waals surface area contributed by atoms with E-state index in [-0.39, 0.29) is 4.75 Å². The van der Waals surface area contributed by atoms with Gasteiger partial charge < -0.3 is 9.47 Å². The third-order valence-corrected chi connectivity index (χ3v) is 4.14. The van der Waals surface area contributed by atoms with E-state index in [1.54, 1.807) is 18.9 Å². The molecule has 1 atom stereocenters. The Labute approximate surface area is 96.1 Å². The molecule has 1 fully saturated rings. The predicted molar refractivity (Wildman–Crippen MR) is 62.0 cm³/mol. The van der Waals surface area contributed by atoms with Crippen LogP contribution in [-0.4, -0.2) is 37.4 Å². The van der Waals surface area contributed by atoms with Gasteiger partial charge in [0, 0.05) is 26.9 Å². The lowest BCUT2D eigenvalue weighted by Crippen LogP contribution is -2.21. The zero-order chi connectivity index (χ0) is 11.0. The molecular weight excluding hydrogens is 210 g/mol. The first-order chi connectivity index (χ1) is 7.33. The van der Waals surface area contributed by atoms with E-state index in [9.17, 15) is 0 Å². The number of methoxy groups -OCH3 is 1.